The summed E-state index contributed by atoms with van der Waals surface area (Å²) in [7, 11) is 5.02. The van der Waals surface area contributed by atoms with E-state index < -0.39 is 12.0 Å². The number of ether oxygens (including phenoxy) is 3. The number of methoxy groups -OCH3 is 2. The van der Waals surface area contributed by atoms with Crippen molar-refractivity contribution >= 4 is 23.4 Å². The predicted octanol–water partition coefficient (Wildman–Crippen LogP) is 2.15. The summed E-state index contributed by atoms with van der Waals surface area (Å²) < 4.78 is 20.3. The van der Waals surface area contributed by atoms with Crippen LogP contribution in [0.25, 0.3) is 6.08 Å². The van der Waals surface area contributed by atoms with E-state index in [9.17, 15) is 9.59 Å². The zero-order valence-electron chi connectivity index (χ0n) is 19.1. The molecular formula is C24H25N3O5S. The zero-order valence-corrected chi connectivity index (χ0v) is 19.9. The third-order valence-electron chi connectivity index (χ3n) is 5.52. The van der Waals surface area contributed by atoms with Gasteiger partial charge in [-0.2, -0.15) is 0 Å². The molecule has 0 aliphatic carbocycles. The lowest BCUT2D eigenvalue weighted by Crippen LogP contribution is -2.40. The van der Waals surface area contributed by atoms with E-state index in [2.05, 4.69) is 4.99 Å². The lowest BCUT2D eigenvalue weighted by molar-refractivity contribution is -0.139. The minimum absolute atomic E-state index is 0.208. The topological polar surface area (TPSA) is 84.1 Å². The van der Waals surface area contributed by atoms with E-state index in [1.165, 1.54) is 18.4 Å². The molecule has 0 radical (unpaired) electrons. The van der Waals surface area contributed by atoms with Crippen LogP contribution in [0.4, 0.5) is 0 Å². The van der Waals surface area contributed by atoms with Crippen molar-refractivity contribution in [2.75, 3.05) is 20.8 Å². The fourth-order valence-electron chi connectivity index (χ4n) is 3.89. The molecule has 172 valence electrons. The van der Waals surface area contributed by atoms with Gasteiger partial charge in [-0.05, 0) is 44.2 Å². The molecule has 2 aromatic heterocycles. The molecule has 9 heteroatoms. The molecule has 1 aliphatic heterocycles. The molecule has 4 rings (SSSR count). The Morgan fingerprint density at radius 3 is 2.67 bits per heavy atom. The third kappa shape index (κ3) is 4.00. The lowest BCUT2D eigenvalue weighted by Gasteiger charge is -2.26. The Bertz CT molecular complexity index is 1430. The van der Waals surface area contributed by atoms with Crippen LogP contribution in [0, 0.1) is 0 Å². The maximum Gasteiger partial charge on any atom is 0.338 e. The highest BCUT2D eigenvalue weighted by atomic mass is 32.1. The molecule has 0 bridgehead atoms. The van der Waals surface area contributed by atoms with Gasteiger partial charge in [0.1, 0.15) is 17.5 Å². The van der Waals surface area contributed by atoms with Crippen molar-refractivity contribution in [3.05, 3.63) is 78.7 Å². The molecule has 8 nitrogen and oxygen atoms in total. The van der Waals surface area contributed by atoms with Gasteiger partial charge >= 0.3 is 5.97 Å². The van der Waals surface area contributed by atoms with Gasteiger partial charge in [-0.1, -0.05) is 11.3 Å². The first-order chi connectivity index (χ1) is 15.9. The number of carbonyl (C=O) groups excluding carboxylic acids is 1. The predicted molar refractivity (Wildman–Crippen MR) is 125 cm³/mol. The Labute approximate surface area is 194 Å². The molecule has 0 saturated carbocycles. The maximum atomic E-state index is 13.6. The van der Waals surface area contributed by atoms with Gasteiger partial charge in [0.2, 0.25) is 0 Å². The fourth-order valence-corrected chi connectivity index (χ4v) is 4.92. The van der Waals surface area contributed by atoms with Crippen molar-refractivity contribution in [3.8, 4) is 11.5 Å². The van der Waals surface area contributed by atoms with Gasteiger partial charge in [0.25, 0.3) is 5.56 Å². The van der Waals surface area contributed by atoms with E-state index in [0.29, 0.717) is 37.7 Å². The van der Waals surface area contributed by atoms with E-state index in [-0.39, 0.29) is 12.2 Å². The Hall–Kier alpha value is -3.59. The second-order valence-corrected chi connectivity index (χ2v) is 8.46. The second-order valence-electron chi connectivity index (χ2n) is 7.45. The average molecular weight is 468 g/mol. The van der Waals surface area contributed by atoms with Gasteiger partial charge in [0.05, 0.1) is 36.6 Å². The number of hydrogen-bond acceptors (Lipinski definition) is 7. The number of esters is 1. The molecule has 1 unspecified atom stereocenters. The van der Waals surface area contributed by atoms with Crippen LogP contribution in [-0.4, -0.2) is 35.9 Å². The Morgan fingerprint density at radius 2 is 2.03 bits per heavy atom. The Morgan fingerprint density at radius 1 is 1.24 bits per heavy atom. The molecule has 33 heavy (non-hydrogen) atoms. The highest BCUT2D eigenvalue weighted by Crippen LogP contribution is 2.37. The number of thiazole rings is 1. The number of aromatic nitrogens is 2. The minimum atomic E-state index is -0.753. The van der Waals surface area contributed by atoms with Crippen LogP contribution in [0.15, 0.2) is 57.6 Å². The summed E-state index contributed by atoms with van der Waals surface area (Å²) in [4.78, 5) is 31.7. The van der Waals surface area contributed by atoms with Crippen molar-refractivity contribution in [2.45, 2.75) is 19.9 Å². The largest absolute Gasteiger partial charge is 0.497 e. The number of hydrogen-bond donors (Lipinski definition) is 0. The number of carbonyl (C=O) groups is 1. The molecule has 1 aliphatic rings. The van der Waals surface area contributed by atoms with Gasteiger partial charge in [0.15, 0.2) is 4.80 Å². The fraction of sp³-hybridized carbons (Fsp3) is 0.292. The van der Waals surface area contributed by atoms with E-state index in [1.807, 2.05) is 36.0 Å². The van der Waals surface area contributed by atoms with Crippen molar-refractivity contribution in [1.82, 2.24) is 9.13 Å². The van der Waals surface area contributed by atoms with E-state index in [4.69, 9.17) is 14.2 Å². The molecule has 0 saturated heterocycles. The van der Waals surface area contributed by atoms with Crippen LogP contribution in [0.3, 0.4) is 0 Å². The van der Waals surface area contributed by atoms with Crippen LogP contribution in [0.1, 0.15) is 31.1 Å². The van der Waals surface area contributed by atoms with Gasteiger partial charge in [0, 0.05) is 30.6 Å². The molecule has 1 aromatic carbocycles. The van der Waals surface area contributed by atoms with Gasteiger partial charge in [-0.15, -0.1) is 0 Å². The second kappa shape index (κ2) is 9.11. The average Bonchev–Trinajstić information content (AvgIpc) is 3.35. The smallest absolute Gasteiger partial charge is 0.338 e. The molecular weight excluding hydrogens is 442 g/mol. The monoisotopic (exact) mass is 467 g/mol. The molecule has 0 fully saturated rings. The summed E-state index contributed by atoms with van der Waals surface area (Å²) in [6, 6.07) is 8.39. The molecule has 0 spiro atoms. The standard InChI is InChI=1S/C24H25N3O5S/c1-6-32-23(29)20-14(2)25-24-27(21(20)17-10-9-16(30-4)13-18(17)31-5)22(28)19(33-24)12-15-8-7-11-26(15)3/h7-13,21H,6H2,1-5H3. The molecule has 1 atom stereocenters. The molecule has 3 heterocycles. The normalized spacial score (nSPS) is 15.8. The SMILES string of the molecule is CCOC(=O)C1=C(C)N=c2sc(=Cc3cccn3C)c(=O)n2C1c1ccc(OC)cc1OC. The lowest BCUT2D eigenvalue weighted by atomic mass is 9.95. The van der Waals surface area contributed by atoms with Crippen LogP contribution in [-0.2, 0) is 16.6 Å². The van der Waals surface area contributed by atoms with Crippen molar-refractivity contribution in [3.63, 3.8) is 0 Å². The first kappa shape index (κ1) is 22.6. The zero-order chi connectivity index (χ0) is 23.7. The number of fused-ring (bicyclic) bond motifs is 1. The van der Waals surface area contributed by atoms with Crippen LogP contribution in [0.2, 0.25) is 0 Å². The van der Waals surface area contributed by atoms with Gasteiger partial charge in [-0.25, -0.2) is 9.79 Å². The van der Waals surface area contributed by atoms with Crippen LogP contribution >= 0.6 is 11.3 Å². The van der Waals surface area contributed by atoms with Gasteiger partial charge < -0.3 is 18.8 Å². The van der Waals surface area contributed by atoms with Gasteiger partial charge in [-0.3, -0.25) is 9.36 Å². The number of nitrogens with zero attached hydrogens (tertiary/aromatic N) is 3. The molecule has 0 amide bonds. The maximum absolute atomic E-state index is 13.6. The first-order valence-corrected chi connectivity index (χ1v) is 11.2. The van der Waals surface area contributed by atoms with Crippen molar-refractivity contribution < 1.29 is 19.0 Å². The highest BCUT2D eigenvalue weighted by molar-refractivity contribution is 7.07. The van der Waals surface area contributed by atoms with E-state index >= 15 is 0 Å². The number of benzene rings is 1. The number of allylic oxidation sites excluding steroid dienone is 1. The quantitative estimate of drug-likeness (QED) is 0.519. The Kier molecular flexibility index (Phi) is 6.24. The first-order valence-electron chi connectivity index (χ1n) is 10.4. The summed E-state index contributed by atoms with van der Waals surface area (Å²) in [5, 5.41) is 0. The number of rotatable bonds is 6. The molecule has 0 N–H and O–H groups in total. The van der Waals surface area contributed by atoms with Crippen molar-refractivity contribution in [1.29, 1.82) is 0 Å². The highest BCUT2D eigenvalue weighted by Gasteiger charge is 2.35. The third-order valence-corrected chi connectivity index (χ3v) is 6.50. The van der Waals surface area contributed by atoms with Crippen LogP contribution in [0.5, 0.6) is 11.5 Å². The summed E-state index contributed by atoms with van der Waals surface area (Å²) in [6.07, 6.45) is 3.74. The van der Waals surface area contributed by atoms with Crippen molar-refractivity contribution in [2.24, 2.45) is 12.0 Å². The Balaban J connectivity index is 2.01. The number of aryl methyl sites for hydroxylation is 1. The summed E-state index contributed by atoms with van der Waals surface area (Å²) in [5.41, 5.74) is 2.10. The summed E-state index contributed by atoms with van der Waals surface area (Å²) in [6.45, 7) is 3.70. The van der Waals surface area contributed by atoms with E-state index in [1.54, 1.807) is 43.7 Å². The van der Waals surface area contributed by atoms with E-state index in [0.717, 1.165) is 5.69 Å². The summed E-state index contributed by atoms with van der Waals surface area (Å²) in [5.74, 6) is 0.580. The molecule has 3 aromatic rings. The minimum Gasteiger partial charge on any atom is -0.497 e. The summed E-state index contributed by atoms with van der Waals surface area (Å²) >= 11 is 1.28. The van der Waals surface area contributed by atoms with Crippen LogP contribution < -0.4 is 24.4 Å².